The van der Waals surface area contributed by atoms with Crippen molar-refractivity contribution in [2.24, 2.45) is 0 Å². The highest BCUT2D eigenvalue weighted by atomic mass is 35.5. The quantitative estimate of drug-likeness (QED) is 0.513. The zero-order valence-corrected chi connectivity index (χ0v) is 13.8. The van der Waals surface area contributed by atoms with Crippen LogP contribution in [-0.2, 0) is 12.7 Å². The number of para-hydroxylation sites is 2. The lowest BCUT2D eigenvalue weighted by atomic mass is 10.2. The van der Waals surface area contributed by atoms with Crippen molar-refractivity contribution in [3.05, 3.63) is 65.3 Å². The van der Waals surface area contributed by atoms with Gasteiger partial charge in [-0.15, -0.1) is 10.2 Å². The van der Waals surface area contributed by atoms with Gasteiger partial charge in [-0.1, -0.05) is 35.9 Å². The summed E-state index contributed by atoms with van der Waals surface area (Å²) >= 11 is 6.08. The Labute approximate surface area is 150 Å². The van der Waals surface area contributed by atoms with E-state index in [1.165, 1.54) is 6.07 Å². The summed E-state index contributed by atoms with van der Waals surface area (Å²) in [6.45, 7) is -0.257. The lowest BCUT2D eigenvalue weighted by Crippen LogP contribution is -2.15. The average Bonchev–Trinajstić information content (AvgIpc) is 3.21. The average molecular weight is 379 g/mol. The predicted octanol–water partition coefficient (Wildman–Crippen LogP) is 4.81. The van der Waals surface area contributed by atoms with Gasteiger partial charge in [-0.05, 0) is 24.3 Å². The molecule has 0 fully saturated rings. The second-order valence-electron chi connectivity index (χ2n) is 5.49. The molecule has 0 bridgehead atoms. The van der Waals surface area contributed by atoms with Crippen LogP contribution in [0.5, 0.6) is 0 Å². The van der Waals surface area contributed by atoms with E-state index in [0.717, 1.165) is 4.57 Å². The first-order chi connectivity index (χ1) is 12.4. The lowest BCUT2D eigenvalue weighted by molar-refractivity contribution is -0.146. The Hall–Kier alpha value is -2.87. The number of aromatic nitrogens is 4. The molecule has 0 atom stereocenters. The van der Waals surface area contributed by atoms with Gasteiger partial charge in [0.25, 0.3) is 0 Å². The molecule has 26 heavy (non-hydrogen) atoms. The zero-order valence-electron chi connectivity index (χ0n) is 13.0. The van der Waals surface area contributed by atoms with Crippen molar-refractivity contribution in [3.8, 4) is 11.5 Å². The van der Waals surface area contributed by atoms with Crippen LogP contribution >= 0.6 is 11.6 Å². The maximum atomic E-state index is 13.3. The van der Waals surface area contributed by atoms with Gasteiger partial charge in [-0.2, -0.15) is 13.2 Å². The molecule has 0 aliphatic carbocycles. The van der Waals surface area contributed by atoms with Crippen LogP contribution in [0.15, 0.2) is 52.9 Å². The molecular weight excluding hydrogens is 369 g/mol. The summed E-state index contributed by atoms with van der Waals surface area (Å²) in [5, 5.41) is 8.14. The lowest BCUT2D eigenvalue weighted by Gasteiger charge is -2.09. The number of hydrogen-bond acceptors (Lipinski definition) is 4. The van der Waals surface area contributed by atoms with Crippen LogP contribution in [-0.4, -0.2) is 19.7 Å². The Morgan fingerprint density at radius 2 is 1.73 bits per heavy atom. The van der Waals surface area contributed by atoms with Crippen LogP contribution in [0.4, 0.5) is 13.2 Å². The van der Waals surface area contributed by atoms with E-state index in [1.54, 1.807) is 42.5 Å². The summed E-state index contributed by atoms with van der Waals surface area (Å²) in [5.41, 5.74) is 1.09. The van der Waals surface area contributed by atoms with Gasteiger partial charge in [0, 0.05) is 0 Å². The van der Waals surface area contributed by atoms with E-state index in [-0.39, 0.29) is 23.8 Å². The van der Waals surface area contributed by atoms with Gasteiger partial charge in [-0.3, -0.25) is 0 Å². The second kappa shape index (κ2) is 6.14. The van der Waals surface area contributed by atoms with Crippen LogP contribution in [0.25, 0.3) is 22.5 Å². The number of benzene rings is 2. The third kappa shape index (κ3) is 2.92. The topological polar surface area (TPSA) is 56.7 Å². The highest BCUT2D eigenvalue weighted by Crippen LogP contribution is 2.32. The van der Waals surface area contributed by atoms with Gasteiger partial charge in [0.05, 0.1) is 21.6 Å². The molecule has 9 heteroatoms. The molecule has 0 radical (unpaired) electrons. The van der Waals surface area contributed by atoms with Gasteiger partial charge in [0.1, 0.15) is 6.54 Å². The first kappa shape index (κ1) is 16.6. The number of alkyl halides is 3. The van der Waals surface area contributed by atoms with Crippen molar-refractivity contribution in [1.29, 1.82) is 0 Å². The molecule has 0 aliphatic heterocycles. The van der Waals surface area contributed by atoms with E-state index >= 15 is 0 Å². The van der Waals surface area contributed by atoms with Gasteiger partial charge in [-0.25, -0.2) is 4.98 Å². The van der Waals surface area contributed by atoms with Crippen LogP contribution in [0.3, 0.4) is 0 Å². The number of imidazole rings is 1. The molecule has 0 amide bonds. The fourth-order valence-corrected chi connectivity index (χ4v) is 2.86. The minimum absolute atomic E-state index is 0.0218. The van der Waals surface area contributed by atoms with Crippen molar-refractivity contribution < 1.29 is 17.6 Å². The number of nitrogens with zero attached hydrogens (tertiary/aromatic N) is 4. The van der Waals surface area contributed by atoms with E-state index < -0.39 is 12.0 Å². The number of hydrogen-bond donors (Lipinski definition) is 0. The van der Waals surface area contributed by atoms with E-state index in [2.05, 4.69) is 15.2 Å². The van der Waals surface area contributed by atoms with Crippen LogP contribution in [0, 0.1) is 0 Å². The monoisotopic (exact) mass is 378 g/mol. The minimum Gasteiger partial charge on any atom is -0.419 e. The Kier molecular flexibility index (Phi) is 3.91. The van der Waals surface area contributed by atoms with Crippen LogP contribution in [0.2, 0.25) is 5.02 Å². The van der Waals surface area contributed by atoms with Crippen molar-refractivity contribution in [3.63, 3.8) is 0 Å². The van der Waals surface area contributed by atoms with Gasteiger partial charge < -0.3 is 8.98 Å². The smallest absolute Gasteiger partial charge is 0.419 e. The standard InChI is InChI=1S/C17H10ClF3N4O/c18-11-6-2-1-5-10(11)15-24-23-14(26-15)9-25-13-8-4-3-7-12(13)22-16(25)17(19,20)21/h1-8H,9H2. The summed E-state index contributed by atoms with van der Waals surface area (Å²) in [7, 11) is 0. The third-order valence-corrected chi connectivity index (χ3v) is 4.10. The summed E-state index contributed by atoms with van der Waals surface area (Å²) < 4.78 is 46.6. The molecule has 0 saturated heterocycles. The molecule has 4 aromatic rings. The maximum absolute atomic E-state index is 13.3. The first-order valence-corrected chi connectivity index (χ1v) is 7.91. The fraction of sp³-hybridized carbons (Fsp3) is 0.118. The zero-order chi connectivity index (χ0) is 18.3. The van der Waals surface area contributed by atoms with Crippen molar-refractivity contribution >= 4 is 22.6 Å². The highest BCUT2D eigenvalue weighted by molar-refractivity contribution is 6.33. The second-order valence-corrected chi connectivity index (χ2v) is 5.90. The SMILES string of the molecule is FC(F)(F)c1nc2ccccc2n1Cc1nnc(-c2ccccc2Cl)o1. The summed E-state index contributed by atoms with van der Waals surface area (Å²) in [6, 6.07) is 13.2. The summed E-state index contributed by atoms with van der Waals surface area (Å²) in [4.78, 5) is 3.69. The number of rotatable bonds is 3. The number of halogens is 4. The van der Waals surface area contributed by atoms with Gasteiger partial charge >= 0.3 is 6.18 Å². The maximum Gasteiger partial charge on any atom is 0.449 e. The molecule has 4 rings (SSSR count). The van der Waals surface area contributed by atoms with Gasteiger partial charge in [0.15, 0.2) is 0 Å². The Morgan fingerprint density at radius 3 is 2.50 bits per heavy atom. The van der Waals surface area contributed by atoms with Crippen molar-refractivity contribution in [1.82, 2.24) is 19.7 Å². The Balaban J connectivity index is 1.76. The molecular formula is C17H10ClF3N4O. The third-order valence-electron chi connectivity index (χ3n) is 3.77. The molecule has 0 saturated carbocycles. The first-order valence-electron chi connectivity index (χ1n) is 7.53. The summed E-state index contributed by atoms with van der Waals surface area (Å²) in [6.07, 6.45) is -4.61. The predicted molar refractivity (Wildman–Crippen MR) is 88.6 cm³/mol. The molecule has 0 aliphatic rings. The van der Waals surface area contributed by atoms with Crippen LogP contribution < -0.4 is 0 Å². The molecule has 0 unspecified atom stereocenters. The molecule has 2 aromatic heterocycles. The van der Waals surface area contributed by atoms with Crippen LogP contribution in [0.1, 0.15) is 11.7 Å². The summed E-state index contributed by atoms with van der Waals surface area (Å²) in [5.74, 6) is -0.853. The fourth-order valence-electron chi connectivity index (χ4n) is 2.65. The Morgan fingerprint density at radius 1 is 1.00 bits per heavy atom. The molecule has 2 heterocycles. The molecule has 5 nitrogen and oxygen atoms in total. The normalized spacial score (nSPS) is 12.0. The minimum atomic E-state index is -4.61. The largest absolute Gasteiger partial charge is 0.449 e. The number of fused-ring (bicyclic) bond motifs is 1. The van der Waals surface area contributed by atoms with E-state index in [4.69, 9.17) is 16.0 Å². The van der Waals surface area contributed by atoms with Crippen molar-refractivity contribution in [2.45, 2.75) is 12.7 Å². The van der Waals surface area contributed by atoms with Gasteiger partial charge in [0.2, 0.25) is 17.6 Å². The van der Waals surface area contributed by atoms with E-state index in [0.29, 0.717) is 16.1 Å². The Bertz CT molecular complexity index is 1090. The molecule has 0 spiro atoms. The molecule has 132 valence electrons. The van der Waals surface area contributed by atoms with E-state index in [9.17, 15) is 13.2 Å². The molecule has 0 N–H and O–H groups in total. The molecule has 2 aromatic carbocycles. The van der Waals surface area contributed by atoms with E-state index in [1.807, 2.05) is 0 Å². The highest BCUT2D eigenvalue weighted by Gasteiger charge is 2.38. The van der Waals surface area contributed by atoms with Crippen molar-refractivity contribution in [2.75, 3.05) is 0 Å².